The number of nitrogens with one attached hydrogen (secondary N) is 1. The van der Waals surface area contributed by atoms with Gasteiger partial charge in [-0.3, -0.25) is 0 Å². The molecule has 0 spiro atoms. The molecule has 9 heteroatoms. The molecule has 6 nitrogen and oxygen atoms in total. The molecule has 3 rings (SSSR count). The number of hydrogen-bond donors (Lipinski definition) is 1. The molecule has 140 valence electrons. The third-order valence-electron chi connectivity index (χ3n) is 3.60. The molecule has 0 fully saturated rings. The van der Waals surface area contributed by atoms with Crippen LogP contribution in [0.1, 0.15) is 5.56 Å². The van der Waals surface area contributed by atoms with E-state index in [2.05, 4.69) is 26.3 Å². The summed E-state index contributed by atoms with van der Waals surface area (Å²) in [4.78, 5) is 13.2. The number of nitrogens with zero attached hydrogens (tertiary/aromatic N) is 4. The van der Waals surface area contributed by atoms with Crippen LogP contribution < -0.4 is 10.1 Å². The Kier molecular flexibility index (Phi) is 6.81. The van der Waals surface area contributed by atoms with Crippen LogP contribution in [0, 0.1) is 11.3 Å². The van der Waals surface area contributed by atoms with Gasteiger partial charge in [0.2, 0.25) is 0 Å². The van der Waals surface area contributed by atoms with E-state index in [1.54, 1.807) is 13.3 Å². The van der Waals surface area contributed by atoms with Gasteiger partial charge in [-0.25, -0.2) is 15.0 Å². The highest BCUT2D eigenvalue weighted by Crippen LogP contribution is 2.32. The number of ether oxygens (including phenoxy) is 1. The smallest absolute Gasteiger partial charge is 0.189 e. The van der Waals surface area contributed by atoms with Gasteiger partial charge >= 0.3 is 0 Å². The second-order valence-electron chi connectivity index (χ2n) is 5.31. The Bertz CT molecular complexity index is 1020. The highest BCUT2D eigenvalue weighted by Gasteiger charge is 2.18. The lowest BCUT2D eigenvalue weighted by Crippen LogP contribution is -2.08. The average molecular weight is 426 g/mol. The van der Waals surface area contributed by atoms with Crippen molar-refractivity contribution in [3.63, 3.8) is 0 Å². The summed E-state index contributed by atoms with van der Waals surface area (Å²) in [5.74, 6) is 1.37. The fourth-order valence-electron chi connectivity index (χ4n) is 2.30. The minimum absolute atomic E-state index is 0.373. The van der Waals surface area contributed by atoms with E-state index in [1.807, 2.05) is 48.7 Å². The van der Waals surface area contributed by atoms with Crippen LogP contribution in [0.5, 0.6) is 5.75 Å². The summed E-state index contributed by atoms with van der Waals surface area (Å²) in [6.07, 6.45) is 3.56. The predicted molar refractivity (Wildman–Crippen MR) is 117 cm³/mol. The van der Waals surface area contributed by atoms with Gasteiger partial charge in [0.15, 0.2) is 5.16 Å². The molecule has 0 saturated carbocycles. The molecule has 0 aliphatic heterocycles. The number of thiocarbonyl (C=S) groups is 1. The van der Waals surface area contributed by atoms with E-state index in [1.165, 1.54) is 23.5 Å². The minimum atomic E-state index is 0.373. The third kappa shape index (κ3) is 4.78. The van der Waals surface area contributed by atoms with Gasteiger partial charge in [0.05, 0.1) is 12.8 Å². The molecule has 28 heavy (non-hydrogen) atoms. The summed E-state index contributed by atoms with van der Waals surface area (Å²) in [5, 5.41) is 13.9. The lowest BCUT2D eigenvalue weighted by Gasteiger charge is -2.11. The molecular weight excluding hydrogens is 410 g/mol. The van der Waals surface area contributed by atoms with Gasteiger partial charge in [0, 0.05) is 11.8 Å². The molecule has 0 amide bonds. The Morgan fingerprint density at radius 2 is 1.96 bits per heavy atom. The van der Waals surface area contributed by atoms with Gasteiger partial charge in [0.25, 0.3) is 0 Å². The second-order valence-corrected chi connectivity index (χ2v) is 7.75. The van der Waals surface area contributed by atoms with Crippen molar-refractivity contribution in [2.75, 3.05) is 18.7 Å². The van der Waals surface area contributed by atoms with Crippen LogP contribution in [0.4, 0.5) is 5.82 Å². The predicted octanol–water partition coefficient (Wildman–Crippen LogP) is 4.63. The van der Waals surface area contributed by atoms with E-state index < -0.39 is 0 Å². The van der Waals surface area contributed by atoms with Crippen LogP contribution in [0.3, 0.4) is 0 Å². The molecule has 1 N–H and O–H groups in total. The molecule has 0 bridgehead atoms. The van der Waals surface area contributed by atoms with Gasteiger partial charge in [-0.2, -0.15) is 5.26 Å². The molecule has 2 heterocycles. The van der Waals surface area contributed by atoms with Crippen molar-refractivity contribution in [2.45, 2.75) is 10.2 Å². The molecule has 2 aromatic heterocycles. The van der Waals surface area contributed by atoms with Gasteiger partial charge in [-0.15, -0.1) is 0 Å². The van der Waals surface area contributed by atoms with Crippen molar-refractivity contribution in [2.24, 2.45) is 0 Å². The molecule has 3 aromatic rings. The monoisotopic (exact) mass is 425 g/mol. The summed E-state index contributed by atoms with van der Waals surface area (Å²) >= 11 is 8.02. The molecule has 0 unspecified atom stereocenters. The fourth-order valence-corrected chi connectivity index (χ4v) is 3.77. The number of thioether (sulfide) groups is 2. The normalized spacial score (nSPS) is 10.2. The van der Waals surface area contributed by atoms with Crippen LogP contribution in [-0.2, 0) is 0 Å². The van der Waals surface area contributed by atoms with Crippen LogP contribution in [0.25, 0.3) is 11.3 Å². The Hall–Kier alpha value is -2.67. The summed E-state index contributed by atoms with van der Waals surface area (Å²) in [7, 11) is 1.61. The third-order valence-corrected chi connectivity index (χ3v) is 5.27. The van der Waals surface area contributed by atoms with E-state index in [0.29, 0.717) is 31.6 Å². The van der Waals surface area contributed by atoms with Gasteiger partial charge in [-0.05, 0) is 54.4 Å². The van der Waals surface area contributed by atoms with Crippen molar-refractivity contribution in [1.29, 1.82) is 5.26 Å². The maximum atomic E-state index is 9.78. The maximum Gasteiger partial charge on any atom is 0.189 e. The zero-order chi connectivity index (χ0) is 19.9. The molecular formula is C19H15N5OS3. The number of hydrogen-bond acceptors (Lipinski definition) is 8. The van der Waals surface area contributed by atoms with Crippen LogP contribution in [0.2, 0.25) is 0 Å². The second kappa shape index (κ2) is 9.50. The summed E-state index contributed by atoms with van der Waals surface area (Å²) < 4.78 is 5.65. The molecule has 1 aromatic carbocycles. The number of nitriles is 1. The first kappa shape index (κ1) is 20.1. The first-order chi connectivity index (χ1) is 13.6. The number of aromatic nitrogens is 3. The van der Waals surface area contributed by atoms with Crippen molar-refractivity contribution in [3.05, 3.63) is 54.2 Å². The topological polar surface area (TPSA) is 83.7 Å². The molecule has 0 aliphatic rings. The SMILES string of the molecule is COc1ccc(-c2nc(SC)nc(SC(=S)Nc3ccccn3)c2C#N)cc1. The van der Waals surface area contributed by atoms with E-state index in [4.69, 9.17) is 17.0 Å². The van der Waals surface area contributed by atoms with Crippen LogP contribution in [0.15, 0.2) is 58.8 Å². The number of methoxy groups -OCH3 is 1. The Labute approximate surface area is 176 Å². The highest BCUT2D eigenvalue weighted by molar-refractivity contribution is 8.23. The summed E-state index contributed by atoms with van der Waals surface area (Å²) in [5.41, 5.74) is 1.74. The quantitative estimate of drug-likeness (QED) is 0.272. The molecule has 0 aliphatic carbocycles. The summed E-state index contributed by atoms with van der Waals surface area (Å²) in [6, 6.07) is 15.1. The lowest BCUT2D eigenvalue weighted by molar-refractivity contribution is 0.415. The fraction of sp³-hybridized carbons (Fsp3) is 0.105. The number of pyridine rings is 1. The first-order valence-electron chi connectivity index (χ1n) is 8.05. The first-order valence-corrected chi connectivity index (χ1v) is 10.5. The van der Waals surface area contributed by atoms with E-state index in [9.17, 15) is 5.26 Å². The van der Waals surface area contributed by atoms with Crippen molar-refractivity contribution in [1.82, 2.24) is 15.0 Å². The zero-order valence-corrected chi connectivity index (χ0v) is 17.5. The Morgan fingerprint density at radius 3 is 2.57 bits per heavy atom. The van der Waals surface area contributed by atoms with E-state index in [-0.39, 0.29) is 0 Å². The van der Waals surface area contributed by atoms with Gasteiger partial charge in [0.1, 0.15) is 32.5 Å². The highest BCUT2D eigenvalue weighted by atomic mass is 32.2. The van der Waals surface area contributed by atoms with Crippen LogP contribution >= 0.6 is 35.7 Å². The van der Waals surface area contributed by atoms with Crippen molar-refractivity contribution < 1.29 is 4.74 Å². The average Bonchev–Trinajstić information content (AvgIpc) is 2.73. The van der Waals surface area contributed by atoms with Crippen LogP contribution in [-0.4, -0.2) is 32.6 Å². The van der Waals surface area contributed by atoms with Gasteiger partial charge < -0.3 is 10.1 Å². The Morgan fingerprint density at radius 1 is 1.18 bits per heavy atom. The zero-order valence-electron chi connectivity index (χ0n) is 15.0. The molecule has 0 radical (unpaired) electrons. The van der Waals surface area contributed by atoms with Crippen molar-refractivity contribution in [3.8, 4) is 23.1 Å². The van der Waals surface area contributed by atoms with E-state index >= 15 is 0 Å². The number of anilines is 1. The largest absolute Gasteiger partial charge is 0.497 e. The van der Waals surface area contributed by atoms with E-state index in [0.717, 1.165) is 11.3 Å². The van der Waals surface area contributed by atoms with Gasteiger partial charge in [-0.1, -0.05) is 30.0 Å². The minimum Gasteiger partial charge on any atom is -0.497 e. The maximum absolute atomic E-state index is 9.78. The molecule has 0 saturated heterocycles. The number of benzene rings is 1. The Balaban J connectivity index is 1.96. The van der Waals surface area contributed by atoms with Crippen molar-refractivity contribution >= 4 is 45.9 Å². The lowest BCUT2D eigenvalue weighted by atomic mass is 10.1. The molecule has 0 atom stereocenters. The summed E-state index contributed by atoms with van der Waals surface area (Å²) in [6.45, 7) is 0. The standard InChI is InChI=1S/C19H15N5OS3/c1-25-13-8-6-12(7-9-13)16-14(11-20)17(24-18(23-16)27-2)28-19(26)22-15-5-3-4-10-21-15/h3-10H,1-2H3,(H,21,22,26). The number of rotatable bonds is 5.